The van der Waals surface area contributed by atoms with Gasteiger partial charge in [0.2, 0.25) is 0 Å². The minimum absolute atomic E-state index is 0.0875. The van der Waals surface area contributed by atoms with Crippen LogP contribution in [0, 0.1) is 11.8 Å². The van der Waals surface area contributed by atoms with Gasteiger partial charge in [-0.15, -0.1) is 0 Å². The average Bonchev–Trinajstić information content (AvgIpc) is 2.00. The Kier molecular flexibility index (Phi) is 2.71. The molecule has 0 aromatic rings. The van der Waals surface area contributed by atoms with Crippen LogP contribution in [0.5, 0.6) is 0 Å². The van der Waals surface area contributed by atoms with Crippen molar-refractivity contribution < 1.29 is 17.5 Å². The highest BCUT2D eigenvalue weighted by molar-refractivity contribution is 7.85. The molecule has 1 saturated heterocycles. The van der Waals surface area contributed by atoms with Gasteiger partial charge in [-0.2, -0.15) is 8.42 Å². The van der Waals surface area contributed by atoms with Crippen molar-refractivity contribution in [3.8, 4) is 0 Å². The summed E-state index contributed by atoms with van der Waals surface area (Å²) in [5, 5.41) is 0. The second-order valence-corrected chi connectivity index (χ2v) is 6.28. The lowest BCUT2D eigenvalue weighted by Crippen LogP contribution is -2.37. The van der Waals surface area contributed by atoms with Crippen LogP contribution < -0.4 is 0 Å². The van der Waals surface area contributed by atoms with Crippen LogP contribution in [0.25, 0.3) is 0 Å². The molecule has 0 aliphatic carbocycles. The Morgan fingerprint density at radius 1 is 1.38 bits per heavy atom. The summed E-state index contributed by atoms with van der Waals surface area (Å²) in [6.45, 7) is 3.87. The van der Waals surface area contributed by atoms with Crippen molar-refractivity contribution in [2.24, 2.45) is 11.8 Å². The molecule has 5 heteroatoms. The molecule has 1 rings (SSSR count). The van der Waals surface area contributed by atoms with Crippen LogP contribution in [0.3, 0.4) is 0 Å². The van der Waals surface area contributed by atoms with Gasteiger partial charge in [0.05, 0.1) is 32.9 Å². The number of hydrogen-bond acceptors (Lipinski definition) is 2. The number of quaternary nitrogens is 1. The first-order chi connectivity index (χ1) is 5.70. The zero-order valence-corrected chi connectivity index (χ0v) is 9.21. The maximum Gasteiger partial charge on any atom is 0.265 e. The molecule has 0 spiro atoms. The molecule has 1 aliphatic heterocycles. The van der Waals surface area contributed by atoms with Gasteiger partial charge in [-0.1, -0.05) is 6.92 Å². The molecule has 4 nitrogen and oxygen atoms in total. The van der Waals surface area contributed by atoms with Crippen LogP contribution in [0.4, 0.5) is 0 Å². The van der Waals surface area contributed by atoms with Crippen LogP contribution in [0.1, 0.15) is 6.92 Å². The molecule has 1 heterocycles. The topological polar surface area (TPSA) is 54.4 Å². The molecule has 2 atom stereocenters. The predicted octanol–water partition coefficient (Wildman–Crippen LogP) is 0.216. The number of rotatable bonds is 2. The van der Waals surface area contributed by atoms with E-state index in [2.05, 4.69) is 14.1 Å². The molecule has 0 bridgehead atoms. The predicted molar refractivity (Wildman–Crippen MR) is 50.9 cm³/mol. The lowest BCUT2D eigenvalue weighted by atomic mass is 10.0. The third kappa shape index (κ3) is 3.25. The van der Waals surface area contributed by atoms with Gasteiger partial charge in [-0.3, -0.25) is 4.55 Å². The number of nitrogens with zero attached hydrogens (tertiary/aromatic N) is 1. The Hall–Kier alpha value is -0.130. The summed E-state index contributed by atoms with van der Waals surface area (Å²) in [5.74, 6) is 0.387. The smallest absolute Gasteiger partial charge is 0.265 e. The number of likely N-dealkylation sites (tertiary alicyclic amines) is 1. The van der Waals surface area contributed by atoms with Gasteiger partial charge in [0, 0.05) is 11.8 Å². The Morgan fingerprint density at radius 2 is 1.92 bits per heavy atom. The molecule has 13 heavy (non-hydrogen) atoms. The molecule has 1 N–H and O–H groups in total. The first-order valence-corrected chi connectivity index (χ1v) is 6.08. The zero-order valence-electron chi connectivity index (χ0n) is 8.40. The summed E-state index contributed by atoms with van der Waals surface area (Å²) in [4.78, 5) is 0. The molecule has 0 unspecified atom stereocenters. The van der Waals surface area contributed by atoms with Crippen LogP contribution in [-0.2, 0) is 10.1 Å². The monoisotopic (exact) mass is 208 g/mol. The molecule has 0 amide bonds. The first-order valence-electron chi connectivity index (χ1n) is 4.47. The van der Waals surface area contributed by atoms with E-state index in [-0.39, 0.29) is 11.7 Å². The van der Waals surface area contributed by atoms with E-state index in [4.69, 9.17) is 4.55 Å². The van der Waals surface area contributed by atoms with Crippen LogP contribution in [0.2, 0.25) is 0 Å². The summed E-state index contributed by atoms with van der Waals surface area (Å²) in [7, 11) is 0.367. The maximum absolute atomic E-state index is 10.7. The minimum Gasteiger partial charge on any atom is -0.328 e. The summed E-state index contributed by atoms with van der Waals surface area (Å²) in [6.07, 6.45) is 0. The van der Waals surface area contributed by atoms with Gasteiger partial charge in [0.15, 0.2) is 0 Å². The SMILES string of the molecule is C[C@@H]1C[N+](C)(C)C[C@H]1CS(=O)(=O)O. The number of hydrogen-bond donors (Lipinski definition) is 1. The molecule has 0 radical (unpaired) electrons. The summed E-state index contributed by atoms with van der Waals surface area (Å²) in [6, 6.07) is 0. The lowest BCUT2D eigenvalue weighted by molar-refractivity contribution is -0.880. The van der Waals surface area contributed by atoms with E-state index in [1.54, 1.807) is 0 Å². The molecule has 0 saturated carbocycles. The van der Waals surface area contributed by atoms with Crippen molar-refractivity contribution in [2.75, 3.05) is 32.9 Å². The third-order valence-electron chi connectivity index (χ3n) is 2.74. The fraction of sp³-hybridized carbons (Fsp3) is 1.00. The fourth-order valence-corrected chi connectivity index (χ4v) is 3.28. The van der Waals surface area contributed by atoms with Gasteiger partial charge >= 0.3 is 0 Å². The van der Waals surface area contributed by atoms with Crippen molar-refractivity contribution in [3.63, 3.8) is 0 Å². The van der Waals surface area contributed by atoms with E-state index in [9.17, 15) is 8.42 Å². The van der Waals surface area contributed by atoms with E-state index in [0.29, 0.717) is 5.92 Å². The van der Waals surface area contributed by atoms with E-state index in [0.717, 1.165) is 17.6 Å². The van der Waals surface area contributed by atoms with Gasteiger partial charge in [-0.05, 0) is 0 Å². The molecule has 78 valence electrons. The molecule has 0 aromatic carbocycles. The summed E-state index contributed by atoms with van der Waals surface area (Å²) < 4.78 is 31.0. The van der Waals surface area contributed by atoms with Crippen LogP contribution in [-0.4, -0.2) is 50.4 Å². The van der Waals surface area contributed by atoms with Crippen molar-refractivity contribution in [1.82, 2.24) is 0 Å². The van der Waals surface area contributed by atoms with Crippen molar-refractivity contribution in [1.29, 1.82) is 0 Å². The highest BCUT2D eigenvalue weighted by Crippen LogP contribution is 2.27. The molecular weight excluding hydrogens is 190 g/mol. The van der Waals surface area contributed by atoms with E-state index in [1.165, 1.54) is 0 Å². The van der Waals surface area contributed by atoms with E-state index >= 15 is 0 Å². The highest BCUT2D eigenvalue weighted by Gasteiger charge is 2.39. The maximum atomic E-state index is 10.7. The quantitative estimate of drug-likeness (QED) is 0.521. The van der Waals surface area contributed by atoms with Gasteiger partial charge in [0.25, 0.3) is 10.1 Å². The molecule has 1 aliphatic rings. The van der Waals surface area contributed by atoms with E-state index < -0.39 is 10.1 Å². The average molecular weight is 208 g/mol. The van der Waals surface area contributed by atoms with Crippen molar-refractivity contribution in [3.05, 3.63) is 0 Å². The van der Waals surface area contributed by atoms with Gasteiger partial charge < -0.3 is 4.48 Å². The van der Waals surface area contributed by atoms with Crippen molar-refractivity contribution >= 4 is 10.1 Å². The van der Waals surface area contributed by atoms with Crippen LogP contribution in [0.15, 0.2) is 0 Å². The van der Waals surface area contributed by atoms with Gasteiger partial charge in [-0.25, -0.2) is 0 Å². The van der Waals surface area contributed by atoms with Crippen LogP contribution >= 0.6 is 0 Å². The second kappa shape index (κ2) is 3.22. The first kappa shape index (κ1) is 10.9. The third-order valence-corrected chi connectivity index (χ3v) is 3.59. The Labute approximate surface area is 79.9 Å². The Bertz CT molecular complexity index is 284. The Morgan fingerprint density at radius 3 is 2.23 bits per heavy atom. The summed E-state index contributed by atoms with van der Waals surface area (Å²) >= 11 is 0. The fourth-order valence-electron chi connectivity index (χ4n) is 2.31. The Balaban J connectivity index is 2.64. The highest BCUT2D eigenvalue weighted by atomic mass is 32.2. The normalized spacial score (nSPS) is 33.5. The largest absolute Gasteiger partial charge is 0.328 e. The molecule has 0 aromatic heterocycles. The minimum atomic E-state index is -3.80. The standard InChI is InChI=1S/C8H17NO3S/c1-7-4-9(2,3)5-8(7)6-13(10,11)12/h7-8H,4-6H2,1-3H3/p+1/t7-,8+/m1/s1. The van der Waals surface area contributed by atoms with Crippen molar-refractivity contribution in [2.45, 2.75) is 6.92 Å². The lowest BCUT2D eigenvalue weighted by Gasteiger charge is -2.23. The summed E-state index contributed by atoms with van der Waals surface area (Å²) in [5.41, 5.74) is 0. The van der Waals surface area contributed by atoms with E-state index in [1.807, 2.05) is 6.92 Å². The molecule has 1 fully saturated rings. The van der Waals surface area contributed by atoms with Gasteiger partial charge in [0.1, 0.15) is 0 Å². The zero-order chi connectivity index (χ0) is 10.3. The second-order valence-electron chi connectivity index (χ2n) is 4.79. The molecular formula is C8H18NO3S+.